The van der Waals surface area contributed by atoms with Gasteiger partial charge in [-0.1, -0.05) is 79.9 Å². The molecule has 0 fully saturated rings. The molecule has 0 saturated carbocycles. The summed E-state index contributed by atoms with van der Waals surface area (Å²) in [5.41, 5.74) is 1.11. The third-order valence-electron chi connectivity index (χ3n) is 3.75. The topological polar surface area (TPSA) is 29.1 Å². The van der Waals surface area contributed by atoms with E-state index in [-0.39, 0.29) is 11.8 Å². The summed E-state index contributed by atoms with van der Waals surface area (Å²) in [7, 11) is 0. The van der Waals surface area contributed by atoms with Crippen LogP contribution in [0, 0.1) is 5.92 Å². The van der Waals surface area contributed by atoms with E-state index in [4.69, 9.17) is 0 Å². The number of nitrogens with one attached hydrogen (secondary N) is 1. The van der Waals surface area contributed by atoms with Crippen LogP contribution in [0.2, 0.25) is 0 Å². The molecule has 3 heteroatoms. The Morgan fingerprint density at radius 3 is 2.45 bits per heavy atom. The van der Waals surface area contributed by atoms with E-state index in [0.29, 0.717) is 17.3 Å². The van der Waals surface area contributed by atoms with Gasteiger partial charge in [-0.3, -0.25) is 4.79 Å². The lowest BCUT2D eigenvalue weighted by Crippen LogP contribution is -2.36. The summed E-state index contributed by atoms with van der Waals surface area (Å²) in [6.45, 7) is 7.14. The predicted octanol–water partition coefficient (Wildman–Crippen LogP) is 4.50. The maximum Gasteiger partial charge on any atom is 0.227 e. The van der Waals surface area contributed by atoms with Gasteiger partial charge in [-0.05, 0) is 17.9 Å². The van der Waals surface area contributed by atoms with E-state index < -0.39 is 0 Å². The van der Waals surface area contributed by atoms with Crippen LogP contribution in [0.15, 0.2) is 30.3 Å². The minimum absolute atomic E-state index is 0.0532. The van der Waals surface area contributed by atoms with Gasteiger partial charge < -0.3 is 5.32 Å². The van der Waals surface area contributed by atoms with Crippen molar-refractivity contribution in [3.05, 3.63) is 35.9 Å². The van der Waals surface area contributed by atoms with Crippen molar-refractivity contribution in [1.29, 1.82) is 0 Å². The summed E-state index contributed by atoms with van der Waals surface area (Å²) < 4.78 is 0. The van der Waals surface area contributed by atoms with E-state index in [9.17, 15) is 4.79 Å². The predicted molar refractivity (Wildman–Crippen MR) is 89.3 cm³/mol. The molecule has 1 amide bonds. The Kier molecular flexibility index (Phi) is 7.90. The molecule has 0 spiro atoms. The lowest BCUT2D eigenvalue weighted by Gasteiger charge is -2.23. The standard InChI is InChI=1S/C17H26BrNO/c1-4-9-15(18)12-19-17(20)16(13(3)5-2)14-10-7-6-8-11-14/h6-8,10-11,13,15-16H,4-5,9,12H2,1-3H3,(H,19,20). The fourth-order valence-electron chi connectivity index (χ4n) is 2.37. The summed E-state index contributed by atoms with van der Waals surface area (Å²) >= 11 is 3.61. The van der Waals surface area contributed by atoms with Gasteiger partial charge in [0.05, 0.1) is 5.92 Å². The number of rotatable bonds is 8. The van der Waals surface area contributed by atoms with Gasteiger partial charge in [0, 0.05) is 11.4 Å². The molecule has 3 unspecified atom stereocenters. The van der Waals surface area contributed by atoms with Gasteiger partial charge in [0.2, 0.25) is 5.91 Å². The highest BCUT2D eigenvalue weighted by Crippen LogP contribution is 2.27. The minimum Gasteiger partial charge on any atom is -0.354 e. The summed E-state index contributed by atoms with van der Waals surface area (Å²) in [6, 6.07) is 10.1. The zero-order valence-corrected chi connectivity index (χ0v) is 14.3. The quantitative estimate of drug-likeness (QED) is 0.694. The van der Waals surface area contributed by atoms with Gasteiger partial charge in [-0.15, -0.1) is 0 Å². The van der Waals surface area contributed by atoms with Crippen LogP contribution in [-0.4, -0.2) is 17.3 Å². The van der Waals surface area contributed by atoms with Crippen LogP contribution in [0.4, 0.5) is 0 Å². The van der Waals surface area contributed by atoms with E-state index in [1.165, 1.54) is 0 Å². The Bertz CT molecular complexity index is 393. The highest BCUT2D eigenvalue weighted by Gasteiger charge is 2.25. The molecular weight excluding hydrogens is 314 g/mol. The molecule has 1 N–H and O–H groups in total. The highest BCUT2D eigenvalue weighted by atomic mass is 79.9. The molecule has 20 heavy (non-hydrogen) atoms. The number of benzene rings is 1. The molecule has 0 aliphatic heterocycles. The second kappa shape index (κ2) is 9.17. The van der Waals surface area contributed by atoms with Crippen molar-refractivity contribution >= 4 is 21.8 Å². The molecule has 112 valence electrons. The molecule has 0 heterocycles. The smallest absolute Gasteiger partial charge is 0.227 e. The summed E-state index contributed by atoms with van der Waals surface area (Å²) in [6.07, 6.45) is 3.21. The first-order chi connectivity index (χ1) is 9.60. The van der Waals surface area contributed by atoms with Crippen molar-refractivity contribution in [2.45, 2.75) is 50.8 Å². The average molecular weight is 340 g/mol. The van der Waals surface area contributed by atoms with E-state index >= 15 is 0 Å². The number of hydrogen-bond donors (Lipinski definition) is 1. The number of alkyl halides is 1. The van der Waals surface area contributed by atoms with E-state index in [1.54, 1.807) is 0 Å². The average Bonchev–Trinajstić information content (AvgIpc) is 2.46. The van der Waals surface area contributed by atoms with Crippen molar-refractivity contribution in [3.8, 4) is 0 Å². The van der Waals surface area contributed by atoms with Crippen molar-refractivity contribution in [3.63, 3.8) is 0 Å². The molecular formula is C17H26BrNO. The molecule has 0 bridgehead atoms. The lowest BCUT2D eigenvalue weighted by atomic mass is 9.85. The molecule has 0 saturated heterocycles. The maximum atomic E-state index is 12.5. The Morgan fingerprint density at radius 2 is 1.90 bits per heavy atom. The van der Waals surface area contributed by atoms with Crippen molar-refractivity contribution in [1.82, 2.24) is 5.32 Å². The van der Waals surface area contributed by atoms with Crippen LogP contribution < -0.4 is 5.32 Å². The van der Waals surface area contributed by atoms with E-state index in [1.807, 2.05) is 30.3 Å². The Balaban J connectivity index is 2.71. The van der Waals surface area contributed by atoms with E-state index in [2.05, 4.69) is 42.0 Å². The third-order valence-corrected chi connectivity index (χ3v) is 4.54. The molecule has 1 aromatic carbocycles. The second-order valence-corrected chi connectivity index (χ2v) is 6.70. The maximum absolute atomic E-state index is 12.5. The largest absolute Gasteiger partial charge is 0.354 e. The molecule has 0 aliphatic rings. The minimum atomic E-state index is -0.0532. The SMILES string of the molecule is CCCC(Br)CNC(=O)C(c1ccccc1)C(C)CC. The number of carbonyl (C=O) groups excluding carboxylic acids is 1. The molecule has 1 aromatic rings. The van der Waals surface area contributed by atoms with Crippen LogP contribution in [0.1, 0.15) is 51.5 Å². The summed E-state index contributed by atoms with van der Waals surface area (Å²) in [4.78, 5) is 12.9. The zero-order valence-electron chi connectivity index (χ0n) is 12.7. The van der Waals surface area contributed by atoms with Crippen LogP contribution in [0.25, 0.3) is 0 Å². The van der Waals surface area contributed by atoms with Crippen LogP contribution >= 0.6 is 15.9 Å². The molecule has 2 nitrogen and oxygen atoms in total. The van der Waals surface area contributed by atoms with E-state index in [0.717, 1.165) is 24.8 Å². The van der Waals surface area contributed by atoms with Crippen LogP contribution in [0.3, 0.4) is 0 Å². The molecule has 0 aliphatic carbocycles. The van der Waals surface area contributed by atoms with Crippen molar-refractivity contribution in [2.75, 3.05) is 6.54 Å². The first-order valence-corrected chi connectivity index (χ1v) is 8.48. The summed E-state index contributed by atoms with van der Waals surface area (Å²) in [5, 5.41) is 3.10. The zero-order chi connectivity index (χ0) is 15.0. The van der Waals surface area contributed by atoms with Gasteiger partial charge in [0.25, 0.3) is 0 Å². The van der Waals surface area contributed by atoms with Gasteiger partial charge in [-0.25, -0.2) is 0 Å². The monoisotopic (exact) mass is 339 g/mol. The Labute approximate surface area is 131 Å². The van der Waals surface area contributed by atoms with Gasteiger partial charge in [0.15, 0.2) is 0 Å². The molecule has 1 rings (SSSR count). The van der Waals surface area contributed by atoms with Gasteiger partial charge in [-0.2, -0.15) is 0 Å². The first kappa shape index (κ1) is 17.2. The molecule has 3 atom stereocenters. The summed E-state index contributed by atoms with van der Waals surface area (Å²) in [5.74, 6) is 0.436. The number of carbonyl (C=O) groups is 1. The normalized spacial score (nSPS) is 15.4. The van der Waals surface area contributed by atoms with Crippen LogP contribution in [0.5, 0.6) is 0 Å². The third kappa shape index (κ3) is 5.28. The van der Waals surface area contributed by atoms with Crippen LogP contribution in [-0.2, 0) is 4.79 Å². The fraction of sp³-hybridized carbons (Fsp3) is 0.588. The number of amides is 1. The Morgan fingerprint density at radius 1 is 1.25 bits per heavy atom. The second-order valence-electron chi connectivity index (χ2n) is 5.40. The fourth-order valence-corrected chi connectivity index (χ4v) is 2.99. The van der Waals surface area contributed by atoms with Gasteiger partial charge in [0.1, 0.15) is 0 Å². The van der Waals surface area contributed by atoms with Gasteiger partial charge >= 0.3 is 0 Å². The first-order valence-electron chi connectivity index (χ1n) is 7.56. The molecule has 0 aromatic heterocycles. The lowest BCUT2D eigenvalue weighted by molar-refractivity contribution is -0.123. The number of hydrogen-bond acceptors (Lipinski definition) is 1. The van der Waals surface area contributed by atoms with Crippen molar-refractivity contribution < 1.29 is 4.79 Å². The Hall–Kier alpha value is -0.830. The van der Waals surface area contributed by atoms with Crippen molar-refractivity contribution in [2.24, 2.45) is 5.92 Å². The number of halogens is 1. The highest BCUT2D eigenvalue weighted by molar-refractivity contribution is 9.09. The molecule has 0 radical (unpaired) electrons.